The molecule has 1 atom stereocenters. The van der Waals surface area contributed by atoms with Crippen LogP contribution in [-0.4, -0.2) is 99.1 Å². The molecule has 3 N–H and O–H groups in total. The van der Waals surface area contributed by atoms with Gasteiger partial charge in [0.05, 0.1) is 28.0 Å². The average Bonchev–Trinajstić information content (AvgIpc) is 3.73. The number of hydrogen-bond donors (Lipinski definition) is 3. The number of benzene rings is 2. The van der Waals surface area contributed by atoms with Crippen molar-refractivity contribution in [1.29, 1.82) is 0 Å². The molecule has 1 aliphatic carbocycles. The number of fused-ring (bicyclic) bond motifs is 3. The molecule has 3 saturated heterocycles. The zero-order valence-electron chi connectivity index (χ0n) is 30.2. The Morgan fingerprint density at radius 2 is 1.65 bits per heavy atom. The molecule has 5 aromatic rings. The summed E-state index contributed by atoms with van der Waals surface area (Å²) in [5, 5.41) is 5.42. The normalized spacial score (nSPS) is 21.3. The molecular formula is C40H42N10O4. The van der Waals surface area contributed by atoms with Crippen molar-refractivity contribution in [2.45, 2.75) is 37.1 Å². The zero-order chi connectivity index (χ0) is 36.7. The minimum atomic E-state index is -0.681. The van der Waals surface area contributed by atoms with Crippen LogP contribution in [0.15, 0.2) is 65.6 Å². The van der Waals surface area contributed by atoms with E-state index in [9.17, 15) is 19.2 Å². The van der Waals surface area contributed by atoms with Crippen LogP contribution < -0.4 is 26.1 Å². The number of aromatic nitrogens is 5. The Labute approximate surface area is 311 Å². The van der Waals surface area contributed by atoms with Crippen molar-refractivity contribution < 1.29 is 14.4 Å². The van der Waals surface area contributed by atoms with Crippen molar-refractivity contribution in [3.63, 3.8) is 0 Å². The monoisotopic (exact) mass is 726 g/mol. The van der Waals surface area contributed by atoms with E-state index in [1.807, 2.05) is 30.3 Å². The van der Waals surface area contributed by atoms with Gasteiger partial charge in [0, 0.05) is 106 Å². The summed E-state index contributed by atoms with van der Waals surface area (Å²) in [5.41, 5.74) is 7.95. The smallest absolute Gasteiger partial charge is 0.329 e. The van der Waals surface area contributed by atoms with Crippen LogP contribution in [-0.2, 0) is 22.1 Å². The Hall–Kier alpha value is -5.76. The van der Waals surface area contributed by atoms with Crippen molar-refractivity contribution >= 4 is 40.1 Å². The number of H-pyrrole nitrogens is 1. The van der Waals surface area contributed by atoms with Gasteiger partial charge in [-0.05, 0) is 73.9 Å². The number of nitrogens with one attached hydrogen (secondary N) is 3. The number of hydrogen-bond acceptors (Lipinski definition) is 9. The van der Waals surface area contributed by atoms with Gasteiger partial charge in [-0.15, -0.1) is 0 Å². The Bertz CT molecular complexity index is 2390. The first kappa shape index (κ1) is 32.9. The largest absolute Gasteiger partial charge is 0.371 e. The molecule has 10 rings (SSSR count). The van der Waals surface area contributed by atoms with Crippen LogP contribution in [0.1, 0.15) is 47.8 Å². The first-order valence-corrected chi connectivity index (χ1v) is 19.0. The van der Waals surface area contributed by atoms with Gasteiger partial charge in [-0.3, -0.25) is 33.7 Å². The number of anilines is 2. The molecule has 7 heterocycles. The van der Waals surface area contributed by atoms with Crippen LogP contribution in [0.5, 0.6) is 0 Å². The number of amides is 3. The lowest BCUT2D eigenvalue weighted by molar-refractivity contribution is -0.135. The van der Waals surface area contributed by atoms with Gasteiger partial charge in [0.15, 0.2) is 5.82 Å². The summed E-state index contributed by atoms with van der Waals surface area (Å²) in [7, 11) is 1.73. The lowest BCUT2D eigenvalue weighted by atomic mass is 9.95. The molecule has 2 aromatic carbocycles. The molecule has 1 unspecified atom stereocenters. The van der Waals surface area contributed by atoms with Crippen molar-refractivity contribution in [1.82, 2.24) is 39.6 Å². The highest BCUT2D eigenvalue weighted by Gasteiger charge is 2.50. The fraction of sp³-hybridized carbons (Fsp3) is 0.400. The third kappa shape index (κ3) is 5.49. The van der Waals surface area contributed by atoms with Gasteiger partial charge in [-0.2, -0.15) is 0 Å². The standard InChI is InChI=1S/C40H42N10O4/c1-46-33-18-27(6-7-31(33)50(39(46)54)32-8-9-34(51)45-38(32)53)49-21-24(22-49)20-47-14-16-48(17-15-47)26-4-2-25(3-5-26)36-41-13-10-29(44-36)30-19-28-35(43-30)40(11-12-40)23-42-37(28)52/h2-7,10,13,18-19,24,32,43H,8-9,11-12,14-17,20-23H2,1H3,(H,42,52)(H,45,51,53). The molecule has 14 nitrogen and oxygen atoms in total. The van der Waals surface area contributed by atoms with Crippen molar-refractivity contribution in [2.75, 3.05) is 62.2 Å². The number of piperazine rings is 1. The number of carbonyl (C=O) groups is 3. The number of aromatic amines is 1. The quantitative estimate of drug-likeness (QED) is 0.215. The molecular weight excluding hydrogens is 685 g/mol. The van der Waals surface area contributed by atoms with Gasteiger partial charge in [0.25, 0.3) is 5.91 Å². The van der Waals surface area contributed by atoms with Crippen molar-refractivity contribution in [3.8, 4) is 22.8 Å². The lowest BCUT2D eigenvalue weighted by Gasteiger charge is -2.45. The van der Waals surface area contributed by atoms with E-state index in [2.05, 4.69) is 59.6 Å². The SMILES string of the molecule is Cn1c(=O)n(C2CCC(=O)NC2=O)c2ccc(N3CC(CN4CCN(c5ccc(-c6nccc(-c7cc8c([nH]7)C7(CC7)CNC8=O)n6)cc5)CC4)C3)cc21. The Morgan fingerprint density at radius 3 is 2.41 bits per heavy atom. The summed E-state index contributed by atoms with van der Waals surface area (Å²) in [6.07, 6.45) is 4.51. The van der Waals surface area contributed by atoms with Crippen LogP contribution >= 0.6 is 0 Å². The van der Waals surface area contributed by atoms with E-state index >= 15 is 0 Å². The lowest BCUT2D eigenvalue weighted by Crippen LogP contribution is -2.55. The first-order valence-electron chi connectivity index (χ1n) is 19.0. The third-order valence-corrected chi connectivity index (χ3v) is 12.3. The van der Waals surface area contributed by atoms with E-state index in [4.69, 9.17) is 4.98 Å². The van der Waals surface area contributed by atoms with E-state index in [0.29, 0.717) is 30.2 Å². The highest BCUT2D eigenvalue weighted by Crippen LogP contribution is 2.50. The summed E-state index contributed by atoms with van der Waals surface area (Å²) < 4.78 is 3.13. The molecule has 1 saturated carbocycles. The molecule has 276 valence electrons. The Morgan fingerprint density at radius 1 is 0.870 bits per heavy atom. The minimum Gasteiger partial charge on any atom is -0.371 e. The molecule has 5 aliphatic rings. The van der Waals surface area contributed by atoms with Gasteiger partial charge < -0.3 is 20.1 Å². The second-order valence-corrected chi connectivity index (χ2v) is 15.7. The van der Waals surface area contributed by atoms with E-state index in [-0.39, 0.29) is 29.3 Å². The number of rotatable bonds is 7. The summed E-state index contributed by atoms with van der Waals surface area (Å²) in [4.78, 5) is 70.3. The maximum atomic E-state index is 13.2. The van der Waals surface area contributed by atoms with E-state index in [1.165, 1.54) is 10.3 Å². The number of nitrogens with zero attached hydrogens (tertiary/aromatic N) is 7. The second kappa shape index (κ2) is 12.4. The number of carbonyl (C=O) groups excluding carboxylic acids is 3. The maximum absolute atomic E-state index is 13.2. The number of aryl methyl sites for hydroxylation is 1. The van der Waals surface area contributed by atoms with Gasteiger partial charge in [0.2, 0.25) is 11.8 Å². The van der Waals surface area contributed by atoms with Crippen LogP contribution in [0.2, 0.25) is 0 Å². The fourth-order valence-electron chi connectivity index (χ4n) is 8.90. The topological polar surface area (TPSA) is 153 Å². The van der Waals surface area contributed by atoms with Crippen LogP contribution in [0.4, 0.5) is 11.4 Å². The van der Waals surface area contributed by atoms with E-state index in [1.54, 1.807) is 17.8 Å². The van der Waals surface area contributed by atoms with Gasteiger partial charge >= 0.3 is 5.69 Å². The summed E-state index contributed by atoms with van der Waals surface area (Å²) >= 11 is 0. The molecule has 3 amide bonds. The first-order chi connectivity index (χ1) is 26.2. The van der Waals surface area contributed by atoms with Crippen LogP contribution in [0.25, 0.3) is 33.8 Å². The predicted octanol–water partition coefficient (Wildman–Crippen LogP) is 2.80. The summed E-state index contributed by atoms with van der Waals surface area (Å²) in [5.74, 6) is 0.499. The number of imide groups is 1. The van der Waals surface area contributed by atoms with Crippen molar-refractivity contribution in [2.24, 2.45) is 13.0 Å². The van der Waals surface area contributed by atoms with E-state index < -0.39 is 11.9 Å². The van der Waals surface area contributed by atoms with Crippen LogP contribution in [0.3, 0.4) is 0 Å². The Kier molecular flexibility index (Phi) is 7.55. The molecule has 4 aliphatic heterocycles. The zero-order valence-corrected chi connectivity index (χ0v) is 30.2. The summed E-state index contributed by atoms with van der Waals surface area (Å²) in [6, 6.07) is 17.6. The highest BCUT2D eigenvalue weighted by atomic mass is 16.2. The molecule has 54 heavy (non-hydrogen) atoms. The average molecular weight is 727 g/mol. The van der Waals surface area contributed by atoms with Gasteiger partial charge in [-0.1, -0.05) is 0 Å². The second-order valence-electron chi connectivity index (χ2n) is 15.7. The van der Waals surface area contributed by atoms with Gasteiger partial charge in [-0.25, -0.2) is 14.8 Å². The molecule has 0 radical (unpaired) electrons. The number of imidazole rings is 1. The molecule has 1 spiro atoms. The van der Waals surface area contributed by atoms with Crippen molar-refractivity contribution in [3.05, 3.63) is 82.5 Å². The van der Waals surface area contributed by atoms with Crippen LogP contribution in [0, 0.1) is 5.92 Å². The number of piperidine rings is 1. The highest BCUT2D eigenvalue weighted by molar-refractivity contribution is 6.00. The predicted molar refractivity (Wildman–Crippen MR) is 203 cm³/mol. The molecule has 14 heteroatoms. The molecule has 3 aromatic heterocycles. The maximum Gasteiger partial charge on any atom is 0.329 e. The minimum absolute atomic E-state index is 0.0196. The van der Waals surface area contributed by atoms with E-state index in [0.717, 1.165) is 98.1 Å². The Balaban J connectivity index is 0.739. The molecule has 4 fully saturated rings. The molecule has 0 bridgehead atoms. The van der Waals surface area contributed by atoms with Gasteiger partial charge in [0.1, 0.15) is 6.04 Å². The fourth-order valence-corrected chi connectivity index (χ4v) is 8.90. The third-order valence-electron chi connectivity index (χ3n) is 12.3. The summed E-state index contributed by atoms with van der Waals surface area (Å²) in [6.45, 7) is 7.61.